The summed E-state index contributed by atoms with van der Waals surface area (Å²) in [7, 11) is 1.39. The van der Waals surface area contributed by atoms with Crippen molar-refractivity contribution < 1.29 is 14.3 Å². The van der Waals surface area contributed by atoms with Crippen LogP contribution in [0.1, 0.15) is 34.6 Å². The Labute approximate surface area is 219 Å². The number of esters is 1. The van der Waals surface area contributed by atoms with Crippen LogP contribution in [0.2, 0.25) is 0 Å². The summed E-state index contributed by atoms with van der Waals surface area (Å²) >= 11 is 1.40. The average Bonchev–Trinajstić information content (AvgIpc) is 3.63. The normalized spacial score (nSPS) is 11.1. The second-order valence-electron chi connectivity index (χ2n) is 9.18. The first-order chi connectivity index (χ1) is 17.9. The molecule has 0 saturated heterocycles. The number of ether oxygens (including phenoxy) is 2. The fourth-order valence-corrected chi connectivity index (χ4v) is 5.30. The number of rotatable bonds is 7. The number of carbonyl (C=O) groups is 1. The zero-order chi connectivity index (χ0) is 26.1. The number of hydrogen-bond acceptors (Lipinski definition) is 6. The van der Waals surface area contributed by atoms with Gasteiger partial charge in [-0.3, -0.25) is 0 Å². The Balaban J connectivity index is 1.70. The van der Waals surface area contributed by atoms with Crippen molar-refractivity contribution in [3.8, 4) is 34.5 Å². The lowest BCUT2D eigenvalue weighted by Gasteiger charge is -2.16. The zero-order valence-corrected chi connectivity index (χ0v) is 21.9. The Bertz CT molecular complexity index is 1640. The summed E-state index contributed by atoms with van der Waals surface area (Å²) in [6.07, 6.45) is 5.44. The van der Waals surface area contributed by atoms with Crippen LogP contribution in [-0.4, -0.2) is 33.8 Å². The van der Waals surface area contributed by atoms with E-state index in [0.29, 0.717) is 28.7 Å². The number of aromatic nitrogens is 3. The molecule has 0 N–H and O–H groups in total. The Morgan fingerprint density at radius 1 is 1.14 bits per heavy atom. The van der Waals surface area contributed by atoms with Crippen molar-refractivity contribution in [2.75, 3.05) is 13.7 Å². The summed E-state index contributed by atoms with van der Waals surface area (Å²) in [4.78, 5) is 17.0. The number of benzene rings is 2. The van der Waals surface area contributed by atoms with Gasteiger partial charge in [0.2, 0.25) is 0 Å². The van der Waals surface area contributed by atoms with Crippen LogP contribution in [0.4, 0.5) is 0 Å². The minimum absolute atomic E-state index is 0.320. The maximum atomic E-state index is 12.3. The van der Waals surface area contributed by atoms with Gasteiger partial charge in [-0.1, -0.05) is 19.9 Å². The highest BCUT2D eigenvalue weighted by atomic mass is 32.1. The SMILES string of the molecule is COC(=O)c1cc2c(cc(-c3ccc(-n4ccnc4)cc3C)n2-c2ccc(C#N)c(OCC(C)C)c2)s1. The molecule has 0 atom stereocenters. The lowest BCUT2D eigenvalue weighted by molar-refractivity contribution is 0.0606. The first-order valence-corrected chi connectivity index (χ1v) is 12.7. The summed E-state index contributed by atoms with van der Waals surface area (Å²) in [6, 6.07) is 18.1. The fourth-order valence-electron chi connectivity index (χ4n) is 4.30. The molecular formula is C29H26N4O3S. The van der Waals surface area contributed by atoms with Crippen LogP contribution in [-0.2, 0) is 4.74 Å². The molecule has 3 aromatic heterocycles. The molecule has 0 radical (unpaired) electrons. The molecule has 0 amide bonds. The number of aryl methyl sites for hydroxylation is 1. The first kappa shape index (κ1) is 24.3. The van der Waals surface area contributed by atoms with Gasteiger partial charge < -0.3 is 18.6 Å². The van der Waals surface area contributed by atoms with Gasteiger partial charge in [0.25, 0.3) is 0 Å². The van der Waals surface area contributed by atoms with Crippen molar-refractivity contribution in [1.29, 1.82) is 5.26 Å². The van der Waals surface area contributed by atoms with Gasteiger partial charge in [-0.2, -0.15) is 5.26 Å². The summed E-state index contributed by atoms with van der Waals surface area (Å²) < 4.78 is 16.0. The number of nitriles is 1. The lowest BCUT2D eigenvalue weighted by Crippen LogP contribution is -2.06. The highest BCUT2D eigenvalue weighted by Crippen LogP contribution is 2.39. The maximum absolute atomic E-state index is 12.3. The molecule has 0 saturated carbocycles. The third-order valence-electron chi connectivity index (χ3n) is 6.08. The van der Waals surface area contributed by atoms with E-state index in [9.17, 15) is 10.1 Å². The topological polar surface area (TPSA) is 82.1 Å². The molecule has 0 aliphatic rings. The van der Waals surface area contributed by atoms with E-state index >= 15 is 0 Å². The molecule has 0 bridgehead atoms. The molecule has 186 valence electrons. The van der Waals surface area contributed by atoms with E-state index in [4.69, 9.17) is 9.47 Å². The minimum Gasteiger partial charge on any atom is -0.492 e. The average molecular weight is 511 g/mol. The number of imidazole rings is 1. The number of nitrogens with zero attached hydrogens (tertiary/aromatic N) is 4. The molecule has 37 heavy (non-hydrogen) atoms. The monoisotopic (exact) mass is 510 g/mol. The van der Waals surface area contributed by atoms with E-state index in [2.05, 4.69) is 60.7 Å². The third kappa shape index (κ3) is 4.61. The molecule has 5 aromatic rings. The summed E-state index contributed by atoms with van der Waals surface area (Å²) in [5.41, 5.74) is 6.36. The van der Waals surface area contributed by atoms with Crippen LogP contribution in [0.25, 0.3) is 32.8 Å². The second kappa shape index (κ2) is 9.96. The number of hydrogen-bond donors (Lipinski definition) is 0. The van der Waals surface area contributed by atoms with Crippen molar-refractivity contribution in [2.45, 2.75) is 20.8 Å². The molecular weight excluding hydrogens is 484 g/mol. The van der Waals surface area contributed by atoms with E-state index < -0.39 is 0 Å². The van der Waals surface area contributed by atoms with Gasteiger partial charge in [-0.05, 0) is 54.8 Å². The highest BCUT2D eigenvalue weighted by molar-refractivity contribution is 7.20. The van der Waals surface area contributed by atoms with Crippen LogP contribution in [0.3, 0.4) is 0 Å². The molecule has 0 unspecified atom stereocenters. The molecule has 0 aliphatic carbocycles. The molecule has 3 heterocycles. The predicted octanol–water partition coefficient (Wildman–Crippen LogP) is 6.55. The minimum atomic E-state index is -0.365. The van der Waals surface area contributed by atoms with Crippen LogP contribution in [0, 0.1) is 24.2 Å². The smallest absolute Gasteiger partial charge is 0.348 e. The quantitative estimate of drug-likeness (QED) is 0.232. The standard InChI is InChI=1S/C29H26N4O3S/c1-18(2)16-36-26-12-22(6-5-20(26)15-30)33-24(13-27-25(33)14-28(37-27)29(34)35-4)23-8-7-21(11-19(23)3)32-10-9-31-17-32/h5-14,17-18H,16H2,1-4H3. The molecule has 0 spiro atoms. The molecule has 2 aromatic carbocycles. The molecule has 8 heteroatoms. The van der Waals surface area contributed by atoms with Gasteiger partial charge in [0, 0.05) is 35.4 Å². The Morgan fingerprint density at radius 3 is 2.62 bits per heavy atom. The van der Waals surface area contributed by atoms with Crippen LogP contribution in [0.5, 0.6) is 5.75 Å². The van der Waals surface area contributed by atoms with E-state index in [1.165, 1.54) is 18.4 Å². The van der Waals surface area contributed by atoms with Gasteiger partial charge >= 0.3 is 5.97 Å². The Kier molecular flexibility index (Phi) is 6.55. The Morgan fingerprint density at radius 2 is 1.95 bits per heavy atom. The number of carbonyl (C=O) groups excluding carboxylic acids is 1. The zero-order valence-electron chi connectivity index (χ0n) is 21.1. The third-order valence-corrected chi connectivity index (χ3v) is 7.13. The van der Waals surface area contributed by atoms with Gasteiger partial charge in [-0.15, -0.1) is 11.3 Å². The van der Waals surface area contributed by atoms with Crippen LogP contribution < -0.4 is 4.74 Å². The predicted molar refractivity (Wildman–Crippen MR) is 145 cm³/mol. The maximum Gasteiger partial charge on any atom is 0.348 e. The largest absolute Gasteiger partial charge is 0.492 e. The fraction of sp³-hybridized carbons (Fsp3) is 0.207. The van der Waals surface area contributed by atoms with E-state index in [1.807, 2.05) is 29.0 Å². The van der Waals surface area contributed by atoms with E-state index in [1.54, 1.807) is 18.6 Å². The molecule has 0 fully saturated rings. The number of fused-ring (bicyclic) bond motifs is 1. The lowest BCUT2D eigenvalue weighted by atomic mass is 10.0. The highest BCUT2D eigenvalue weighted by Gasteiger charge is 2.20. The number of thiophene rings is 1. The van der Waals surface area contributed by atoms with Crippen molar-refractivity contribution >= 4 is 27.5 Å². The van der Waals surface area contributed by atoms with Crippen molar-refractivity contribution in [1.82, 2.24) is 14.1 Å². The van der Waals surface area contributed by atoms with Gasteiger partial charge in [0.15, 0.2) is 0 Å². The van der Waals surface area contributed by atoms with E-state index in [0.717, 1.165) is 38.4 Å². The van der Waals surface area contributed by atoms with Crippen molar-refractivity contribution in [2.24, 2.45) is 5.92 Å². The van der Waals surface area contributed by atoms with Crippen LogP contribution in [0.15, 0.2) is 67.3 Å². The van der Waals surface area contributed by atoms with Crippen molar-refractivity contribution in [3.05, 3.63) is 83.3 Å². The Hall–Kier alpha value is -4.35. The van der Waals surface area contributed by atoms with Gasteiger partial charge in [0.1, 0.15) is 16.7 Å². The summed E-state index contributed by atoms with van der Waals surface area (Å²) in [5, 5.41) is 9.65. The summed E-state index contributed by atoms with van der Waals surface area (Å²) in [5.74, 6) is 0.494. The van der Waals surface area contributed by atoms with E-state index in [-0.39, 0.29) is 5.97 Å². The molecule has 7 nitrogen and oxygen atoms in total. The number of methoxy groups -OCH3 is 1. The second-order valence-corrected chi connectivity index (χ2v) is 10.3. The molecule has 0 aliphatic heterocycles. The van der Waals surface area contributed by atoms with Crippen LogP contribution >= 0.6 is 11.3 Å². The van der Waals surface area contributed by atoms with Gasteiger partial charge in [-0.25, -0.2) is 9.78 Å². The first-order valence-electron chi connectivity index (χ1n) is 11.9. The molecule has 5 rings (SSSR count). The van der Waals surface area contributed by atoms with Crippen molar-refractivity contribution in [3.63, 3.8) is 0 Å². The summed E-state index contributed by atoms with van der Waals surface area (Å²) in [6.45, 7) is 6.72. The van der Waals surface area contributed by atoms with Gasteiger partial charge in [0.05, 0.1) is 41.5 Å².